The van der Waals surface area contributed by atoms with Crippen molar-refractivity contribution in [2.75, 3.05) is 0 Å². The largest absolute Gasteiger partial charge is 0.420 e. The summed E-state index contributed by atoms with van der Waals surface area (Å²) < 4.78 is 18.2. The molecule has 0 spiro atoms. The van der Waals surface area contributed by atoms with E-state index >= 15 is 0 Å². The van der Waals surface area contributed by atoms with E-state index in [1.165, 1.54) is 12.1 Å². The maximum Gasteiger partial charge on any atom is 0.336 e. The normalized spacial score (nSPS) is 10.8. The molecule has 2 nitrogen and oxygen atoms in total. The number of para-hydroxylation sites is 1. The molecule has 0 aliphatic rings. The average molecular weight is 206 g/mol. The summed E-state index contributed by atoms with van der Waals surface area (Å²) in [6.45, 7) is 2.01. The molecule has 0 aliphatic heterocycles. The van der Waals surface area contributed by atoms with E-state index in [2.05, 4.69) is 0 Å². The van der Waals surface area contributed by atoms with Crippen molar-refractivity contribution in [3.63, 3.8) is 0 Å². The van der Waals surface area contributed by atoms with E-state index < -0.39 is 11.4 Å². The van der Waals surface area contributed by atoms with Gasteiger partial charge < -0.3 is 4.42 Å². The van der Waals surface area contributed by atoms with Crippen LogP contribution in [0.4, 0.5) is 4.39 Å². The van der Waals surface area contributed by atoms with Crippen LogP contribution in [0.1, 0.15) is 18.9 Å². The van der Waals surface area contributed by atoms with Gasteiger partial charge in [0.2, 0.25) is 0 Å². The molecule has 0 fully saturated rings. The van der Waals surface area contributed by atoms with E-state index in [9.17, 15) is 9.18 Å². The summed E-state index contributed by atoms with van der Waals surface area (Å²) in [5.74, 6) is -0.484. The Bertz CT molecular complexity index is 543. The highest BCUT2D eigenvalue weighted by Gasteiger charge is 2.08. The van der Waals surface area contributed by atoms with Crippen LogP contribution in [0.15, 0.2) is 33.5 Å². The number of benzene rings is 1. The van der Waals surface area contributed by atoms with Gasteiger partial charge >= 0.3 is 5.63 Å². The van der Waals surface area contributed by atoms with Crippen LogP contribution in [0.3, 0.4) is 0 Å². The molecule has 0 atom stereocenters. The van der Waals surface area contributed by atoms with Gasteiger partial charge in [-0.3, -0.25) is 0 Å². The van der Waals surface area contributed by atoms with Gasteiger partial charge in [-0.15, -0.1) is 0 Å². The van der Waals surface area contributed by atoms with Crippen LogP contribution in [0.5, 0.6) is 0 Å². The van der Waals surface area contributed by atoms with E-state index in [1.807, 2.05) is 6.92 Å². The van der Waals surface area contributed by atoms with Gasteiger partial charge in [-0.2, -0.15) is 0 Å². The first kappa shape index (κ1) is 9.90. The third kappa shape index (κ3) is 1.77. The molecule has 15 heavy (non-hydrogen) atoms. The number of hydrogen-bond donors (Lipinski definition) is 0. The second-order valence-electron chi connectivity index (χ2n) is 3.46. The molecule has 78 valence electrons. The molecule has 0 unspecified atom stereocenters. The van der Waals surface area contributed by atoms with Crippen molar-refractivity contribution in [2.45, 2.75) is 19.8 Å². The molecular formula is C12H11FO2. The lowest BCUT2D eigenvalue weighted by atomic mass is 10.1. The van der Waals surface area contributed by atoms with Crippen LogP contribution < -0.4 is 5.63 Å². The number of rotatable bonds is 2. The molecule has 0 radical (unpaired) electrons. The van der Waals surface area contributed by atoms with Crippen LogP contribution in [0.2, 0.25) is 0 Å². The Hall–Kier alpha value is -1.64. The molecule has 0 saturated heterocycles. The first-order chi connectivity index (χ1) is 7.22. The lowest BCUT2D eigenvalue weighted by molar-refractivity contribution is 0.522. The molecule has 1 heterocycles. The standard InChI is InChI=1S/C12H11FO2/c1-2-4-8-7-11(14)15-12-9(8)5-3-6-10(12)13/h3,5-7H,2,4H2,1H3. The molecule has 2 aromatic rings. The second kappa shape index (κ2) is 3.85. The van der Waals surface area contributed by atoms with E-state index in [1.54, 1.807) is 12.1 Å². The minimum atomic E-state index is -0.490. The van der Waals surface area contributed by atoms with E-state index in [4.69, 9.17) is 4.42 Å². The first-order valence-corrected chi connectivity index (χ1v) is 4.93. The molecule has 1 aromatic heterocycles. The maximum atomic E-state index is 13.4. The summed E-state index contributed by atoms with van der Waals surface area (Å²) in [6, 6.07) is 6.12. The average Bonchev–Trinajstić information content (AvgIpc) is 2.20. The van der Waals surface area contributed by atoms with Gasteiger partial charge in [-0.1, -0.05) is 25.5 Å². The third-order valence-electron chi connectivity index (χ3n) is 2.33. The summed E-state index contributed by atoms with van der Waals surface area (Å²) in [4.78, 5) is 11.2. The molecular weight excluding hydrogens is 195 g/mol. The van der Waals surface area contributed by atoms with Crippen molar-refractivity contribution < 1.29 is 8.81 Å². The molecule has 0 aliphatic carbocycles. The molecule has 0 saturated carbocycles. The number of hydrogen-bond acceptors (Lipinski definition) is 2. The Balaban J connectivity index is 2.80. The van der Waals surface area contributed by atoms with Gasteiger partial charge in [0.25, 0.3) is 0 Å². The minimum Gasteiger partial charge on any atom is -0.420 e. The Morgan fingerprint density at radius 3 is 2.93 bits per heavy atom. The third-order valence-corrected chi connectivity index (χ3v) is 2.33. The smallest absolute Gasteiger partial charge is 0.336 e. The number of halogens is 1. The molecule has 0 N–H and O–H groups in total. The topological polar surface area (TPSA) is 30.2 Å². The van der Waals surface area contributed by atoms with Crippen molar-refractivity contribution >= 4 is 11.0 Å². The molecule has 2 rings (SSSR count). The molecule has 3 heteroatoms. The summed E-state index contributed by atoms with van der Waals surface area (Å²) in [7, 11) is 0. The number of fused-ring (bicyclic) bond motifs is 1. The van der Waals surface area contributed by atoms with Crippen LogP contribution in [0.25, 0.3) is 11.0 Å². The molecule has 1 aromatic carbocycles. The van der Waals surface area contributed by atoms with Crippen molar-refractivity contribution in [3.05, 3.63) is 46.1 Å². The highest BCUT2D eigenvalue weighted by atomic mass is 19.1. The molecule has 0 bridgehead atoms. The van der Waals surface area contributed by atoms with Crippen molar-refractivity contribution in [1.82, 2.24) is 0 Å². The fraction of sp³-hybridized carbons (Fsp3) is 0.250. The Morgan fingerprint density at radius 1 is 1.40 bits per heavy atom. The zero-order chi connectivity index (χ0) is 10.8. The van der Waals surface area contributed by atoms with E-state index in [0.29, 0.717) is 5.39 Å². The predicted octanol–water partition coefficient (Wildman–Crippen LogP) is 2.88. The summed E-state index contributed by atoms with van der Waals surface area (Å²) in [5, 5.41) is 0.691. The van der Waals surface area contributed by atoms with Gasteiger partial charge in [0.1, 0.15) is 0 Å². The van der Waals surface area contributed by atoms with Crippen LogP contribution in [-0.4, -0.2) is 0 Å². The lowest BCUT2D eigenvalue weighted by Gasteiger charge is -2.03. The molecule has 0 amide bonds. The van der Waals surface area contributed by atoms with Crippen LogP contribution in [-0.2, 0) is 6.42 Å². The summed E-state index contributed by atoms with van der Waals surface area (Å²) >= 11 is 0. The van der Waals surface area contributed by atoms with Crippen LogP contribution in [0, 0.1) is 5.82 Å². The minimum absolute atomic E-state index is 0.0634. The zero-order valence-corrected chi connectivity index (χ0v) is 8.42. The maximum absolute atomic E-state index is 13.4. The SMILES string of the molecule is CCCc1cc(=O)oc2c(F)cccc12. The fourth-order valence-corrected chi connectivity index (χ4v) is 1.69. The quantitative estimate of drug-likeness (QED) is 0.707. The fourth-order valence-electron chi connectivity index (χ4n) is 1.69. The van der Waals surface area contributed by atoms with Crippen LogP contribution >= 0.6 is 0 Å². The van der Waals surface area contributed by atoms with Gasteiger partial charge in [-0.05, 0) is 18.1 Å². The van der Waals surface area contributed by atoms with E-state index in [-0.39, 0.29) is 5.58 Å². The summed E-state index contributed by atoms with van der Waals surface area (Å²) in [5.41, 5.74) is 0.424. The lowest BCUT2D eigenvalue weighted by Crippen LogP contribution is -2.01. The first-order valence-electron chi connectivity index (χ1n) is 4.93. The Kier molecular flexibility index (Phi) is 2.54. The zero-order valence-electron chi connectivity index (χ0n) is 8.42. The van der Waals surface area contributed by atoms with E-state index in [0.717, 1.165) is 18.4 Å². The van der Waals surface area contributed by atoms with Crippen molar-refractivity contribution in [2.24, 2.45) is 0 Å². The van der Waals surface area contributed by atoms with Crippen molar-refractivity contribution in [1.29, 1.82) is 0 Å². The van der Waals surface area contributed by atoms with Gasteiger partial charge in [0.05, 0.1) is 0 Å². The van der Waals surface area contributed by atoms with Gasteiger partial charge in [0, 0.05) is 11.5 Å². The Morgan fingerprint density at radius 2 is 2.20 bits per heavy atom. The highest BCUT2D eigenvalue weighted by Crippen LogP contribution is 2.20. The predicted molar refractivity (Wildman–Crippen MR) is 56.4 cm³/mol. The number of aryl methyl sites for hydroxylation is 1. The Labute approximate surface area is 86.3 Å². The van der Waals surface area contributed by atoms with Gasteiger partial charge in [-0.25, -0.2) is 9.18 Å². The van der Waals surface area contributed by atoms with Gasteiger partial charge in [0.15, 0.2) is 11.4 Å². The second-order valence-corrected chi connectivity index (χ2v) is 3.46. The summed E-state index contributed by atoms with van der Waals surface area (Å²) in [6.07, 6.45) is 1.67. The monoisotopic (exact) mass is 206 g/mol. The van der Waals surface area contributed by atoms with Crippen molar-refractivity contribution in [3.8, 4) is 0 Å². The highest BCUT2D eigenvalue weighted by molar-refractivity contribution is 5.80.